The minimum atomic E-state index is -0.0632. The number of carbonyl (C=O) groups excluding carboxylic acids is 1. The highest BCUT2D eigenvalue weighted by Gasteiger charge is 2.14. The Balaban J connectivity index is 1.56. The predicted molar refractivity (Wildman–Crippen MR) is 109 cm³/mol. The number of aromatic nitrogens is 2. The molecule has 3 rings (SSSR count). The van der Waals surface area contributed by atoms with Crippen LogP contribution < -0.4 is 9.47 Å². The van der Waals surface area contributed by atoms with E-state index < -0.39 is 0 Å². The Morgan fingerprint density at radius 3 is 2.36 bits per heavy atom. The van der Waals surface area contributed by atoms with Crippen molar-refractivity contribution in [2.24, 2.45) is 0 Å². The number of hydrogen-bond acceptors (Lipinski definition) is 4. The van der Waals surface area contributed by atoms with Crippen LogP contribution in [0.1, 0.15) is 22.5 Å². The van der Waals surface area contributed by atoms with Gasteiger partial charge < -0.3 is 14.4 Å². The number of ether oxygens (including phenoxy) is 2. The Kier molecular flexibility index (Phi) is 6.32. The third-order valence-electron chi connectivity index (χ3n) is 4.59. The molecule has 0 aliphatic heterocycles. The second kappa shape index (κ2) is 9.08. The molecular formula is C22H25N3O3. The van der Waals surface area contributed by atoms with Gasteiger partial charge in [0.1, 0.15) is 11.5 Å². The number of methoxy groups -OCH3 is 2. The molecule has 0 saturated heterocycles. The average Bonchev–Trinajstić information content (AvgIpc) is 3.22. The van der Waals surface area contributed by atoms with Crippen LogP contribution in [0, 0.1) is 0 Å². The predicted octanol–water partition coefficient (Wildman–Crippen LogP) is 3.80. The van der Waals surface area contributed by atoms with Crippen LogP contribution >= 0.6 is 0 Å². The summed E-state index contributed by atoms with van der Waals surface area (Å²) in [6.45, 7) is 0.637. The van der Waals surface area contributed by atoms with E-state index in [4.69, 9.17) is 9.47 Å². The zero-order valence-electron chi connectivity index (χ0n) is 16.4. The van der Waals surface area contributed by atoms with Crippen LogP contribution in [-0.4, -0.2) is 48.8 Å². The van der Waals surface area contributed by atoms with Gasteiger partial charge in [0, 0.05) is 36.5 Å². The van der Waals surface area contributed by atoms with E-state index in [9.17, 15) is 4.79 Å². The summed E-state index contributed by atoms with van der Waals surface area (Å²) in [5, 5.41) is 7.45. The summed E-state index contributed by atoms with van der Waals surface area (Å²) in [5.74, 6) is 1.13. The van der Waals surface area contributed by atoms with Crippen LogP contribution in [0.15, 0.2) is 54.6 Å². The number of amides is 1. The molecule has 0 radical (unpaired) electrons. The van der Waals surface area contributed by atoms with Crippen molar-refractivity contribution in [1.29, 1.82) is 0 Å². The SMILES string of the molecule is COc1cc(OC)cc(C(=O)N(C)CCCc2cc(-c3ccccc3)n[nH]2)c1. The smallest absolute Gasteiger partial charge is 0.253 e. The lowest BCUT2D eigenvalue weighted by molar-refractivity contribution is 0.0792. The zero-order chi connectivity index (χ0) is 19.9. The van der Waals surface area contributed by atoms with E-state index >= 15 is 0 Å². The van der Waals surface area contributed by atoms with Gasteiger partial charge in [0.25, 0.3) is 5.91 Å². The van der Waals surface area contributed by atoms with Crippen LogP contribution in [0.25, 0.3) is 11.3 Å². The first-order chi connectivity index (χ1) is 13.6. The molecular weight excluding hydrogens is 354 g/mol. The summed E-state index contributed by atoms with van der Waals surface area (Å²) in [4.78, 5) is 14.4. The Morgan fingerprint density at radius 2 is 1.71 bits per heavy atom. The highest BCUT2D eigenvalue weighted by Crippen LogP contribution is 2.23. The summed E-state index contributed by atoms with van der Waals surface area (Å²) in [5.41, 5.74) is 3.63. The molecule has 146 valence electrons. The van der Waals surface area contributed by atoms with Crippen LogP contribution in [0.5, 0.6) is 11.5 Å². The minimum Gasteiger partial charge on any atom is -0.497 e. The summed E-state index contributed by atoms with van der Waals surface area (Å²) in [7, 11) is 4.94. The maximum atomic E-state index is 12.7. The number of carbonyl (C=O) groups is 1. The van der Waals surface area contributed by atoms with Crippen LogP contribution in [0.2, 0.25) is 0 Å². The fraction of sp³-hybridized carbons (Fsp3) is 0.273. The molecule has 1 heterocycles. The van der Waals surface area contributed by atoms with Gasteiger partial charge in [-0.2, -0.15) is 5.10 Å². The molecule has 28 heavy (non-hydrogen) atoms. The first-order valence-corrected chi connectivity index (χ1v) is 9.19. The number of nitrogens with zero attached hydrogens (tertiary/aromatic N) is 2. The lowest BCUT2D eigenvalue weighted by Crippen LogP contribution is -2.28. The van der Waals surface area contributed by atoms with Gasteiger partial charge >= 0.3 is 0 Å². The van der Waals surface area contributed by atoms with Gasteiger partial charge in [-0.15, -0.1) is 0 Å². The third-order valence-corrected chi connectivity index (χ3v) is 4.59. The van der Waals surface area contributed by atoms with Gasteiger partial charge in [0.15, 0.2) is 0 Å². The first-order valence-electron chi connectivity index (χ1n) is 9.19. The Morgan fingerprint density at radius 1 is 1.04 bits per heavy atom. The van der Waals surface area contributed by atoms with E-state index in [0.717, 1.165) is 29.8 Å². The van der Waals surface area contributed by atoms with Crippen LogP contribution in [-0.2, 0) is 6.42 Å². The Bertz CT molecular complexity index is 900. The molecule has 1 aromatic heterocycles. The highest BCUT2D eigenvalue weighted by molar-refractivity contribution is 5.95. The lowest BCUT2D eigenvalue weighted by Gasteiger charge is -2.18. The normalized spacial score (nSPS) is 10.5. The van der Waals surface area contributed by atoms with Crippen molar-refractivity contribution in [2.45, 2.75) is 12.8 Å². The van der Waals surface area contributed by atoms with Crippen molar-refractivity contribution in [3.05, 3.63) is 65.9 Å². The molecule has 6 heteroatoms. The van der Waals surface area contributed by atoms with Crippen LogP contribution in [0.3, 0.4) is 0 Å². The maximum absolute atomic E-state index is 12.7. The van der Waals surface area contributed by atoms with Gasteiger partial charge in [-0.05, 0) is 31.0 Å². The number of H-pyrrole nitrogens is 1. The fourth-order valence-electron chi connectivity index (χ4n) is 3.01. The topological polar surface area (TPSA) is 67.5 Å². The molecule has 1 amide bonds. The summed E-state index contributed by atoms with van der Waals surface area (Å²) in [6.07, 6.45) is 1.65. The second-order valence-electron chi connectivity index (χ2n) is 6.58. The summed E-state index contributed by atoms with van der Waals surface area (Å²) >= 11 is 0. The monoisotopic (exact) mass is 379 g/mol. The van der Waals surface area contributed by atoms with E-state index in [1.165, 1.54) is 0 Å². The van der Waals surface area contributed by atoms with E-state index in [2.05, 4.69) is 16.3 Å². The Hall–Kier alpha value is -3.28. The van der Waals surface area contributed by atoms with Crippen molar-refractivity contribution in [2.75, 3.05) is 27.8 Å². The number of aryl methyl sites for hydroxylation is 1. The van der Waals surface area contributed by atoms with Gasteiger partial charge in [-0.3, -0.25) is 9.89 Å². The van der Waals surface area contributed by atoms with Gasteiger partial charge in [0.05, 0.1) is 19.9 Å². The van der Waals surface area contributed by atoms with Crippen molar-refractivity contribution >= 4 is 5.91 Å². The molecule has 3 aromatic rings. The van der Waals surface area contributed by atoms with E-state index in [1.807, 2.05) is 30.3 Å². The maximum Gasteiger partial charge on any atom is 0.253 e. The van der Waals surface area contributed by atoms with E-state index in [-0.39, 0.29) is 5.91 Å². The summed E-state index contributed by atoms with van der Waals surface area (Å²) < 4.78 is 10.5. The molecule has 0 unspecified atom stereocenters. The number of benzene rings is 2. The number of rotatable bonds is 8. The molecule has 1 N–H and O–H groups in total. The third kappa shape index (κ3) is 4.71. The Labute approximate surface area is 165 Å². The summed E-state index contributed by atoms with van der Waals surface area (Å²) in [6, 6.07) is 17.3. The minimum absolute atomic E-state index is 0.0632. The molecule has 2 aromatic carbocycles. The number of nitrogens with one attached hydrogen (secondary N) is 1. The fourth-order valence-corrected chi connectivity index (χ4v) is 3.01. The molecule has 0 spiro atoms. The van der Waals surface area contributed by atoms with Gasteiger partial charge in [0.2, 0.25) is 0 Å². The molecule has 0 atom stereocenters. The van der Waals surface area contributed by atoms with Crippen molar-refractivity contribution in [3.8, 4) is 22.8 Å². The largest absolute Gasteiger partial charge is 0.497 e. The first kappa shape index (κ1) is 19.5. The lowest BCUT2D eigenvalue weighted by atomic mass is 10.1. The highest BCUT2D eigenvalue weighted by atomic mass is 16.5. The molecule has 0 bridgehead atoms. The molecule has 0 fully saturated rings. The zero-order valence-corrected chi connectivity index (χ0v) is 16.4. The van der Waals surface area contributed by atoms with E-state index in [0.29, 0.717) is 23.6 Å². The molecule has 0 saturated carbocycles. The van der Waals surface area contributed by atoms with Crippen molar-refractivity contribution in [1.82, 2.24) is 15.1 Å². The molecule has 0 aliphatic rings. The van der Waals surface area contributed by atoms with Gasteiger partial charge in [-0.25, -0.2) is 0 Å². The number of aromatic amines is 1. The average molecular weight is 379 g/mol. The second-order valence-corrected chi connectivity index (χ2v) is 6.58. The molecule has 6 nitrogen and oxygen atoms in total. The van der Waals surface area contributed by atoms with Crippen molar-refractivity contribution < 1.29 is 14.3 Å². The molecule has 0 aliphatic carbocycles. The van der Waals surface area contributed by atoms with E-state index in [1.54, 1.807) is 44.4 Å². The number of hydrogen-bond donors (Lipinski definition) is 1. The van der Waals surface area contributed by atoms with Crippen molar-refractivity contribution in [3.63, 3.8) is 0 Å². The standard InChI is InChI=1S/C22H25N3O3/c1-25(22(26)17-12-19(27-2)15-20(13-17)28-3)11-7-10-18-14-21(24-23-18)16-8-5-4-6-9-16/h4-6,8-9,12-15H,7,10-11H2,1-3H3,(H,23,24). The van der Waals surface area contributed by atoms with Crippen LogP contribution in [0.4, 0.5) is 0 Å². The quantitative estimate of drug-likeness (QED) is 0.646. The van der Waals surface area contributed by atoms with Gasteiger partial charge in [-0.1, -0.05) is 30.3 Å².